The molecule has 1 amide bonds. The summed E-state index contributed by atoms with van der Waals surface area (Å²) < 4.78 is 12.2. The number of nitrogens with zero attached hydrogens (tertiary/aromatic N) is 1. The van der Waals surface area contributed by atoms with Crippen LogP contribution in [0.4, 0.5) is 0 Å². The molecule has 2 N–H and O–H groups in total. The molecule has 4 rings (SSSR count). The first kappa shape index (κ1) is 25.0. The Labute approximate surface area is 209 Å². The zero-order valence-corrected chi connectivity index (χ0v) is 20.2. The van der Waals surface area contributed by atoms with Gasteiger partial charge in [0.2, 0.25) is 12.7 Å². The van der Waals surface area contributed by atoms with Crippen molar-refractivity contribution in [2.45, 2.75) is 51.1 Å². The van der Waals surface area contributed by atoms with Crippen molar-refractivity contribution in [2.75, 3.05) is 6.79 Å². The standard InChI is InChI=1S/C28H30N2O6/c1-2-3-11-23(30-14-7-10-21(28(30)34)15-19-8-5-4-6-9-19)27(33)29-22(17-26(31)32)20-12-13-24-25(16-20)36-18-35-24/h4-10,12-14,16,22-23H,2-3,11,15,17-18H2,1H3,(H,29,33)(H,31,32). The summed E-state index contributed by atoms with van der Waals surface area (Å²) in [6.07, 6.45) is 3.82. The minimum atomic E-state index is -1.05. The molecule has 0 fully saturated rings. The molecule has 0 saturated heterocycles. The van der Waals surface area contributed by atoms with Gasteiger partial charge < -0.3 is 24.5 Å². The van der Waals surface area contributed by atoms with E-state index in [1.807, 2.05) is 37.3 Å². The van der Waals surface area contributed by atoms with E-state index in [1.54, 1.807) is 36.5 Å². The van der Waals surface area contributed by atoms with Crippen LogP contribution in [0.2, 0.25) is 0 Å². The van der Waals surface area contributed by atoms with Crippen LogP contribution in [-0.2, 0) is 16.0 Å². The first-order valence-corrected chi connectivity index (χ1v) is 12.1. The average molecular weight is 491 g/mol. The molecular weight excluding hydrogens is 460 g/mol. The highest BCUT2D eigenvalue weighted by Crippen LogP contribution is 2.35. The van der Waals surface area contributed by atoms with Gasteiger partial charge in [0.05, 0.1) is 12.5 Å². The predicted octanol–water partition coefficient (Wildman–Crippen LogP) is 4.23. The second-order valence-electron chi connectivity index (χ2n) is 8.84. The highest BCUT2D eigenvalue weighted by molar-refractivity contribution is 5.81. The van der Waals surface area contributed by atoms with E-state index < -0.39 is 24.0 Å². The quantitative estimate of drug-likeness (QED) is 0.417. The van der Waals surface area contributed by atoms with Crippen molar-refractivity contribution in [1.29, 1.82) is 0 Å². The number of amides is 1. The predicted molar refractivity (Wildman–Crippen MR) is 134 cm³/mol. The summed E-state index contributed by atoms with van der Waals surface area (Å²) >= 11 is 0. The molecule has 0 radical (unpaired) electrons. The van der Waals surface area contributed by atoms with Crippen LogP contribution in [0.15, 0.2) is 71.7 Å². The number of hydrogen-bond donors (Lipinski definition) is 2. The normalized spacial score (nSPS) is 13.7. The van der Waals surface area contributed by atoms with Crippen LogP contribution in [0.3, 0.4) is 0 Å². The fourth-order valence-electron chi connectivity index (χ4n) is 4.37. The average Bonchev–Trinajstić information content (AvgIpc) is 3.34. The van der Waals surface area contributed by atoms with Gasteiger partial charge in [0.1, 0.15) is 6.04 Å². The fourth-order valence-corrected chi connectivity index (χ4v) is 4.37. The number of aliphatic carboxylic acids is 1. The molecule has 0 bridgehead atoms. The van der Waals surface area contributed by atoms with Crippen molar-refractivity contribution in [2.24, 2.45) is 0 Å². The minimum absolute atomic E-state index is 0.0933. The minimum Gasteiger partial charge on any atom is -0.481 e. The number of pyridine rings is 1. The van der Waals surface area contributed by atoms with Gasteiger partial charge >= 0.3 is 5.97 Å². The summed E-state index contributed by atoms with van der Waals surface area (Å²) in [6, 6.07) is 16.8. The van der Waals surface area contributed by atoms with Crippen LogP contribution in [0.1, 0.15) is 61.4 Å². The van der Waals surface area contributed by atoms with Crippen LogP contribution < -0.4 is 20.3 Å². The van der Waals surface area contributed by atoms with E-state index in [0.717, 1.165) is 18.4 Å². The van der Waals surface area contributed by atoms with E-state index in [2.05, 4.69) is 5.32 Å². The Bertz CT molecular complexity index is 1270. The number of benzene rings is 2. The lowest BCUT2D eigenvalue weighted by molar-refractivity contribution is -0.138. The third kappa shape index (κ3) is 5.94. The summed E-state index contributed by atoms with van der Waals surface area (Å²) in [5.74, 6) is -0.373. The van der Waals surface area contributed by atoms with Gasteiger partial charge in [-0.2, -0.15) is 0 Å². The Morgan fingerprint density at radius 3 is 2.58 bits per heavy atom. The molecule has 2 atom stereocenters. The number of hydrogen-bond acceptors (Lipinski definition) is 5. The molecular formula is C28H30N2O6. The summed E-state index contributed by atoms with van der Waals surface area (Å²) in [6.45, 7) is 2.11. The zero-order valence-electron chi connectivity index (χ0n) is 20.2. The largest absolute Gasteiger partial charge is 0.481 e. The zero-order chi connectivity index (χ0) is 25.5. The molecule has 8 heteroatoms. The molecule has 2 unspecified atom stereocenters. The van der Waals surface area contributed by atoms with Gasteiger partial charge in [0, 0.05) is 18.2 Å². The van der Waals surface area contributed by atoms with Crippen molar-refractivity contribution in [1.82, 2.24) is 9.88 Å². The molecule has 1 aliphatic rings. The van der Waals surface area contributed by atoms with Gasteiger partial charge in [-0.25, -0.2) is 0 Å². The van der Waals surface area contributed by atoms with Gasteiger partial charge in [-0.15, -0.1) is 0 Å². The molecule has 0 saturated carbocycles. The van der Waals surface area contributed by atoms with Crippen LogP contribution in [0.5, 0.6) is 11.5 Å². The van der Waals surface area contributed by atoms with Gasteiger partial charge in [-0.3, -0.25) is 14.4 Å². The lowest BCUT2D eigenvalue weighted by Crippen LogP contribution is -2.40. The summed E-state index contributed by atoms with van der Waals surface area (Å²) in [5, 5.41) is 12.4. The number of carboxylic acids is 1. The highest BCUT2D eigenvalue weighted by atomic mass is 16.7. The van der Waals surface area contributed by atoms with Gasteiger partial charge in [0.15, 0.2) is 11.5 Å². The number of carbonyl (C=O) groups is 2. The number of fused-ring (bicyclic) bond motifs is 1. The molecule has 1 aromatic heterocycles. The molecule has 2 heterocycles. The van der Waals surface area contributed by atoms with E-state index in [9.17, 15) is 19.5 Å². The first-order valence-electron chi connectivity index (χ1n) is 12.1. The lowest BCUT2D eigenvalue weighted by Gasteiger charge is -2.24. The van der Waals surface area contributed by atoms with E-state index >= 15 is 0 Å². The third-order valence-electron chi connectivity index (χ3n) is 6.25. The molecule has 0 spiro atoms. The van der Waals surface area contributed by atoms with Crippen molar-refractivity contribution < 1.29 is 24.2 Å². The maximum absolute atomic E-state index is 13.6. The van der Waals surface area contributed by atoms with Gasteiger partial charge in [-0.1, -0.05) is 62.2 Å². The monoisotopic (exact) mass is 490 g/mol. The molecule has 3 aromatic rings. The first-order chi connectivity index (χ1) is 17.5. The lowest BCUT2D eigenvalue weighted by atomic mass is 10.0. The maximum atomic E-state index is 13.6. The number of aromatic nitrogens is 1. The van der Waals surface area contributed by atoms with Crippen molar-refractivity contribution in [3.05, 3.63) is 93.9 Å². The van der Waals surface area contributed by atoms with E-state index in [-0.39, 0.29) is 18.8 Å². The van der Waals surface area contributed by atoms with E-state index in [0.29, 0.717) is 35.5 Å². The SMILES string of the molecule is CCCCC(C(=O)NC(CC(=O)O)c1ccc2c(c1)OCO2)n1cccc(Cc2ccccc2)c1=O. The number of ether oxygens (including phenoxy) is 2. The molecule has 188 valence electrons. The Balaban J connectivity index is 1.61. The van der Waals surface area contributed by atoms with E-state index in [1.165, 1.54) is 4.57 Å². The highest BCUT2D eigenvalue weighted by Gasteiger charge is 2.27. The molecule has 8 nitrogen and oxygen atoms in total. The number of unbranched alkanes of at least 4 members (excludes halogenated alkanes) is 1. The molecule has 1 aliphatic heterocycles. The summed E-state index contributed by atoms with van der Waals surface area (Å²) in [4.78, 5) is 38.6. The fraction of sp³-hybridized carbons (Fsp3) is 0.321. The Morgan fingerprint density at radius 2 is 1.83 bits per heavy atom. The van der Waals surface area contributed by atoms with Crippen molar-refractivity contribution in [3.63, 3.8) is 0 Å². The third-order valence-corrected chi connectivity index (χ3v) is 6.25. The Morgan fingerprint density at radius 1 is 1.06 bits per heavy atom. The van der Waals surface area contributed by atoms with Gasteiger partial charge in [-0.05, 0) is 35.7 Å². The van der Waals surface area contributed by atoms with Crippen LogP contribution >= 0.6 is 0 Å². The Hall–Kier alpha value is -4.07. The molecule has 36 heavy (non-hydrogen) atoms. The topological polar surface area (TPSA) is 107 Å². The smallest absolute Gasteiger partial charge is 0.305 e. The summed E-state index contributed by atoms with van der Waals surface area (Å²) in [7, 11) is 0. The Kier molecular flexibility index (Phi) is 8.05. The van der Waals surface area contributed by atoms with Crippen molar-refractivity contribution >= 4 is 11.9 Å². The van der Waals surface area contributed by atoms with Crippen molar-refractivity contribution in [3.8, 4) is 11.5 Å². The van der Waals surface area contributed by atoms with Crippen LogP contribution in [-0.4, -0.2) is 28.3 Å². The number of carbonyl (C=O) groups excluding carboxylic acids is 1. The molecule has 0 aliphatic carbocycles. The van der Waals surface area contributed by atoms with Crippen LogP contribution in [0.25, 0.3) is 0 Å². The van der Waals surface area contributed by atoms with E-state index in [4.69, 9.17) is 9.47 Å². The van der Waals surface area contributed by atoms with Crippen LogP contribution in [0, 0.1) is 0 Å². The number of rotatable bonds is 11. The molecule has 2 aromatic carbocycles. The maximum Gasteiger partial charge on any atom is 0.305 e. The number of nitrogens with one attached hydrogen (secondary N) is 1. The second-order valence-corrected chi connectivity index (χ2v) is 8.84. The van der Waals surface area contributed by atoms with Gasteiger partial charge in [0.25, 0.3) is 5.56 Å². The summed E-state index contributed by atoms with van der Waals surface area (Å²) in [5.41, 5.74) is 1.96. The number of carboxylic acid groups (broad SMARTS) is 1. The second kappa shape index (κ2) is 11.6.